The van der Waals surface area contributed by atoms with Crippen molar-refractivity contribution in [2.45, 2.75) is 39.2 Å². The van der Waals surface area contributed by atoms with Crippen molar-refractivity contribution in [1.29, 1.82) is 0 Å². The minimum absolute atomic E-state index is 0.00289. The maximum absolute atomic E-state index is 11.4. The van der Waals surface area contributed by atoms with Crippen LogP contribution < -0.4 is 10.6 Å². The fraction of sp³-hybridized carbons (Fsp3) is 0.929. The molecule has 0 amide bonds. The van der Waals surface area contributed by atoms with Crippen molar-refractivity contribution in [2.75, 3.05) is 44.7 Å². The summed E-state index contributed by atoms with van der Waals surface area (Å²) in [6.07, 6.45) is 2.91. The number of nitrogens with one attached hydrogen (secondary N) is 2. The van der Waals surface area contributed by atoms with Crippen molar-refractivity contribution in [2.24, 2.45) is 4.99 Å². The van der Waals surface area contributed by atoms with Crippen LogP contribution in [0.3, 0.4) is 0 Å². The normalized spacial score (nSPS) is 21.7. The molecule has 0 aromatic carbocycles. The highest BCUT2D eigenvalue weighted by molar-refractivity contribution is 7.91. The molecule has 21 heavy (non-hydrogen) atoms. The van der Waals surface area contributed by atoms with E-state index in [1.807, 2.05) is 0 Å². The molecule has 1 atom stereocenters. The van der Waals surface area contributed by atoms with Gasteiger partial charge in [0.15, 0.2) is 15.8 Å². The van der Waals surface area contributed by atoms with Crippen molar-refractivity contribution >= 4 is 15.8 Å². The van der Waals surface area contributed by atoms with Crippen LogP contribution in [0.5, 0.6) is 0 Å². The molecule has 1 unspecified atom stereocenters. The van der Waals surface area contributed by atoms with E-state index in [1.165, 1.54) is 0 Å². The third kappa shape index (κ3) is 7.13. The van der Waals surface area contributed by atoms with Gasteiger partial charge in [-0.3, -0.25) is 4.99 Å². The number of unbranched alkanes of at least 4 members (excludes halogenated alkanes) is 1. The first kappa shape index (κ1) is 18.2. The van der Waals surface area contributed by atoms with Crippen LogP contribution in [0.15, 0.2) is 4.99 Å². The van der Waals surface area contributed by atoms with Gasteiger partial charge in [-0.25, -0.2) is 8.42 Å². The third-order valence-corrected chi connectivity index (χ3v) is 5.65. The molecule has 2 N–H and O–H groups in total. The Hall–Kier alpha value is -0.820. The van der Waals surface area contributed by atoms with Gasteiger partial charge >= 0.3 is 0 Å². The third-order valence-electron chi connectivity index (χ3n) is 3.88. The molecule has 0 saturated carbocycles. The van der Waals surface area contributed by atoms with Crippen molar-refractivity contribution in [3.63, 3.8) is 0 Å². The molecule has 1 rings (SSSR count). The quantitative estimate of drug-likeness (QED) is 0.386. The van der Waals surface area contributed by atoms with Gasteiger partial charge in [0.2, 0.25) is 0 Å². The van der Waals surface area contributed by atoms with E-state index in [0.29, 0.717) is 12.4 Å². The van der Waals surface area contributed by atoms with Crippen LogP contribution in [0.4, 0.5) is 0 Å². The average Bonchev–Trinajstić information content (AvgIpc) is 2.80. The minimum atomic E-state index is -2.84. The lowest BCUT2D eigenvalue weighted by atomic mass is 10.2. The van der Waals surface area contributed by atoms with Crippen LogP contribution in [0, 0.1) is 0 Å². The highest BCUT2D eigenvalue weighted by Crippen LogP contribution is 2.10. The summed E-state index contributed by atoms with van der Waals surface area (Å²) >= 11 is 0. The van der Waals surface area contributed by atoms with Gasteiger partial charge in [-0.15, -0.1) is 0 Å². The average molecular weight is 318 g/mol. The van der Waals surface area contributed by atoms with E-state index in [1.54, 1.807) is 7.05 Å². The maximum atomic E-state index is 11.4. The molecule has 1 fully saturated rings. The molecule has 0 aromatic rings. The molecule has 124 valence electrons. The Kier molecular flexibility index (Phi) is 8.03. The van der Waals surface area contributed by atoms with Crippen LogP contribution >= 0.6 is 0 Å². The van der Waals surface area contributed by atoms with Gasteiger partial charge in [0.1, 0.15) is 0 Å². The van der Waals surface area contributed by atoms with Gasteiger partial charge < -0.3 is 15.5 Å². The fourth-order valence-electron chi connectivity index (χ4n) is 2.50. The van der Waals surface area contributed by atoms with Gasteiger partial charge in [0.05, 0.1) is 11.5 Å². The summed E-state index contributed by atoms with van der Waals surface area (Å²) in [5.41, 5.74) is 0. The van der Waals surface area contributed by atoms with E-state index in [9.17, 15) is 8.42 Å². The lowest BCUT2D eigenvalue weighted by molar-refractivity contribution is 0.297. The molecule has 1 aliphatic rings. The predicted molar refractivity (Wildman–Crippen MR) is 88.6 cm³/mol. The topological polar surface area (TPSA) is 73.8 Å². The summed E-state index contributed by atoms with van der Waals surface area (Å²) in [4.78, 5) is 6.57. The van der Waals surface area contributed by atoms with Crippen molar-refractivity contribution in [1.82, 2.24) is 15.5 Å². The Balaban J connectivity index is 2.18. The first-order valence-corrected chi connectivity index (χ1v) is 9.72. The summed E-state index contributed by atoms with van der Waals surface area (Å²) in [6.45, 7) is 8.56. The summed E-state index contributed by atoms with van der Waals surface area (Å²) < 4.78 is 22.9. The summed E-state index contributed by atoms with van der Waals surface area (Å²) in [5.74, 6) is 1.21. The number of hydrogen-bond donors (Lipinski definition) is 2. The van der Waals surface area contributed by atoms with E-state index < -0.39 is 9.84 Å². The molecule has 0 spiro atoms. The van der Waals surface area contributed by atoms with Crippen LogP contribution in [0.1, 0.15) is 33.1 Å². The van der Waals surface area contributed by atoms with Gasteiger partial charge in [0, 0.05) is 19.6 Å². The second-order valence-electron chi connectivity index (χ2n) is 5.48. The zero-order valence-corrected chi connectivity index (χ0v) is 14.4. The molecule has 0 bridgehead atoms. The Labute approximate surface area is 129 Å². The molecular weight excluding hydrogens is 288 g/mol. The van der Waals surface area contributed by atoms with E-state index >= 15 is 0 Å². The SMILES string of the molecule is CCN(CC)CCCCNC(=NC)NC1CCS(=O)(=O)C1. The molecule has 1 aliphatic heterocycles. The summed E-state index contributed by atoms with van der Waals surface area (Å²) in [7, 11) is -1.13. The minimum Gasteiger partial charge on any atom is -0.356 e. The van der Waals surface area contributed by atoms with Crippen LogP contribution in [0.25, 0.3) is 0 Å². The van der Waals surface area contributed by atoms with Crippen LogP contribution in [0.2, 0.25) is 0 Å². The van der Waals surface area contributed by atoms with Gasteiger partial charge in [-0.1, -0.05) is 13.8 Å². The number of nitrogens with zero attached hydrogens (tertiary/aromatic N) is 2. The second kappa shape index (κ2) is 9.25. The van der Waals surface area contributed by atoms with E-state index in [-0.39, 0.29) is 17.5 Å². The van der Waals surface area contributed by atoms with Crippen molar-refractivity contribution in [3.05, 3.63) is 0 Å². The second-order valence-corrected chi connectivity index (χ2v) is 7.71. The summed E-state index contributed by atoms with van der Waals surface area (Å²) in [6, 6.07) is -0.00289. The standard InChI is InChI=1S/C14H30N4O2S/c1-4-18(5-2)10-7-6-9-16-14(15-3)17-13-8-11-21(19,20)12-13/h13H,4-12H2,1-3H3,(H2,15,16,17). The molecule has 0 aliphatic carbocycles. The smallest absolute Gasteiger partial charge is 0.191 e. The Morgan fingerprint density at radius 3 is 2.52 bits per heavy atom. The summed E-state index contributed by atoms with van der Waals surface area (Å²) in [5, 5.41) is 6.45. The van der Waals surface area contributed by atoms with Crippen LogP contribution in [-0.2, 0) is 9.84 Å². The molecule has 0 aromatic heterocycles. The molecule has 1 heterocycles. The van der Waals surface area contributed by atoms with E-state index in [4.69, 9.17) is 0 Å². The predicted octanol–water partition coefficient (Wildman–Crippen LogP) is 0.461. The lowest BCUT2D eigenvalue weighted by Crippen LogP contribution is -2.44. The van der Waals surface area contributed by atoms with Gasteiger partial charge in [-0.2, -0.15) is 0 Å². The monoisotopic (exact) mass is 318 g/mol. The number of sulfone groups is 1. The Morgan fingerprint density at radius 2 is 2.00 bits per heavy atom. The van der Waals surface area contributed by atoms with Gasteiger partial charge in [0.25, 0.3) is 0 Å². The maximum Gasteiger partial charge on any atom is 0.191 e. The lowest BCUT2D eigenvalue weighted by Gasteiger charge is -2.18. The fourth-order valence-corrected chi connectivity index (χ4v) is 4.18. The Morgan fingerprint density at radius 1 is 1.29 bits per heavy atom. The largest absolute Gasteiger partial charge is 0.356 e. The zero-order chi connectivity index (χ0) is 15.7. The van der Waals surface area contributed by atoms with Crippen molar-refractivity contribution < 1.29 is 8.42 Å². The molecule has 6 nitrogen and oxygen atoms in total. The van der Waals surface area contributed by atoms with Gasteiger partial charge in [-0.05, 0) is 38.9 Å². The number of guanidine groups is 1. The molecule has 7 heteroatoms. The molecule has 0 radical (unpaired) electrons. The highest BCUT2D eigenvalue weighted by atomic mass is 32.2. The van der Waals surface area contributed by atoms with E-state index in [2.05, 4.69) is 34.4 Å². The van der Waals surface area contributed by atoms with E-state index in [0.717, 1.165) is 39.0 Å². The molecular formula is C14H30N4O2S. The number of rotatable bonds is 8. The van der Waals surface area contributed by atoms with Crippen LogP contribution in [-0.4, -0.2) is 70.1 Å². The Bertz CT molecular complexity index is 419. The first-order chi connectivity index (χ1) is 10.0. The first-order valence-electron chi connectivity index (χ1n) is 7.90. The van der Waals surface area contributed by atoms with Crippen molar-refractivity contribution in [3.8, 4) is 0 Å². The number of aliphatic imine (C=N–C) groups is 1. The molecule has 1 saturated heterocycles. The highest BCUT2D eigenvalue weighted by Gasteiger charge is 2.28. The number of hydrogen-bond acceptors (Lipinski definition) is 4. The zero-order valence-electron chi connectivity index (χ0n) is 13.6.